The van der Waals surface area contributed by atoms with E-state index in [1.807, 2.05) is 13.8 Å². The summed E-state index contributed by atoms with van der Waals surface area (Å²) in [5.74, 6) is -0.479. The number of ether oxygens (including phenoxy) is 2. The zero-order valence-corrected chi connectivity index (χ0v) is 11.8. The molecule has 0 radical (unpaired) electrons. The lowest BCUT2D eigenvalue weighted by molar-refractivity contribution is -0.139. The molecule has 1 saturated heterocycles. The Balaban J connectivity index is 1.94. The minimum atomic E-state index is -0.479. The van der Waals surface area contributed by atoms with Crippen LogP contribution in [0, 0.1) is 0 Å². The lowest BCUT2D eigenvalue weighted by Crippen LogP contribution is -2.42. The highest BCUT2D eigenvalue weighted by atomic mass is 16.7. The van der Waals surface area contributed by atoms with E-state index >= 15 is 0 Å². The quantitative estimate of drug-likeness (QED) is 0.910. The van der Waals surface area contributed by atoms with Gasteiger partial charge in [-0.05, 0) is 37.8 Å². The predicted molar refractivity (Wildman–Crippen MR) is 74.9 cm³/mol. The molecule has 2 N–H and O–H groups in total. The van der Waals surface area contributed by atoms with Crippen molar-refractivity contribution in [3.8, 4) is 0 Å². The number of hydrogen-bond acceptors (Lipinski definition) is 3. The molecule has 0 bridgehead atoms. The van der Waals surface area contributed by atoms with Gasteiger partial charge in [0.2, 0.25) is 0 Å². The van der Waals surface area contributed by atoms with E-state index in [0.717, 1.165) is 6.54 Å². The summed E-state index contributed by atoms with van der Waals surface area (Å²) >= 11 is 0. The molecule has 1 aliphatic carbocycles. The van der Waals surface area contributed by atoms with E-state index in [-0.39, 0.29) is 11.5 Å². The fraction of sp³-hybridized carbons (Fsp3) is 0.625. The summed E-state index contributed by atoms with van der Waals surface area (Å²) in [5, 5.41) is 0. The smallest absolute Gasteiger partial charge is 0.163 e. The first kappa shape index (κ1) is 13.1. The van der Waals surface area contributed by atoms with Crippen molar-refractivity contribution in [3.63, 3.8) is 0 Å². The van der Waals surface area contributed by atoms with E-state index in [0.29, 0.717) is 6.61 Å². The highest BCUT2D eigenvalue weighted by molar-refractivity contribution is 5.38. The molecule has 3 rings (SSSR count). The first-order valence-corrected chi connectivity index (χ1v) is 7.18. The van der Waals surface area contributed by atoms with Gasteiger partial charge in [-0.15, -0.1) is 0 Å². The maximum atomic E-state index is 6.05. The van der Waals surface area contributed by atoms with E-state index in [9.17, 15) is 0 Å². The Morgan fingerprint density at radius 2 is 2.00 bits per heavy atom. The Bertz CT molecular complexity index is 460. The summed E-state index contributed by atoms with van der Waals surface area (Å²) in [7, 11) is 0. The summed E-state index contributed by atoms with van der Waals surface area (Å²) in [6.07, 6.45) is 3.70. The first-order chi connectivity index (χ1) is 9.06. The lowest BCUT2D eigenvalue weighted by Gasteiger charge is -2.43. The van der Waals surface area contributed by atoms with E-state index in [1.54, 1.807) is 0 Å². The van der Waals surface area contributed by atoms with Crippen molar-refractivity contribution in [2.45, 2.75) is 50.4 Å². The minimum absolute atomic E-state index is 0.0372. The fourth-order valence-electron chi connectivity index (χ4n) is 3.29. The Labute approximate surface area is 115 Å². The third-order valence-electron chi connectivity index (χ3n) is 4.59. The van der Waals surface area contributed by atoms with Gasteiger partial charge in [-0.2, -0.15) is 0 Å². The van der Waals surface area contributed by atoms with Crippen LogP contribution >= 0.6 is 0 Å². The van der Waals surface area contributed by atoms with Crippen molar-refractivity contribution in [2.75, 3.05) is 13.2 Å². The Hall–Kier alpha value is -0.900. The zero-order valence-electron chi connectivity index (χ0n) is 11.8. The van der Waals surface area contributed by atoms with Crippen LogP contribution in [0.2, 0.25) is 0 Å². The van der Waals surface area contributed by atoms with E-state index < -0.39 is 5.79 Å². The third kappa shape index (κ3) is 2.20. The Kier molecular flexibility index (Phi) is 3.16. The normalized spacial score (nSPS) is 28.1. The average Bonchev–Trinajstić information content (AvgIpc) is 2.70. The summed E-state index contributed by atoms with van der Waals surface area (Å²) in [6, 6.07) is 8.57. The third-order valence-corrected chi connectivity index (χ3v) is 4.59. The van der Waals surface area contributed by atoms with E-state index in [4.69, 9.17) is 15.2 Å². The maximum absolute atomic E-state index is 6.05. The summed E-state index contributed by atoms with van der Waals surface area (Å²) in [5.41, 5.74) is 8.86. The van der Waals surface area contributed by atoms with Crippen LogP contribution in [0.15, 0.2) is 24.3 Å². The molecule has 19 heavy (non-hydrogen) atoms. The summed E-state index contributed by atoms with van der Waals surface area (Å²) in [6.45, 7) is 5.29. The minimum Gasteiger partial charge on any atom is -0.347 e. The summed E-state index contributed by atoms with van der Waals surface area (Å²) in [4.78, 5) is 0. The fourth-order valence-corrected chi connectivity index (χ4v) is 3.29. The van der Waals surface area contributed by atoms with Crippen LogP contribution in [0.1, 0.15) is 50.3 Å². The predicted octanol–water partition coefficient (Wildman–Crippen LogP) is 2.89. The van der Waals surface area contributed by atoms with Crippen LogP contribution in [0.4, 0.5) is 0 Å². The number of benzene rings is 1. The Morgan fingerprint density at radius 3 is 2.53 bits per heavy atom. The monoisotopic (exact) mass is 261 g/mol. The van der Waals surface area contributed by atoms with Crippen LogP contribution in [0.3, 0.4) is 0 Å². The SMILES string of the molecule is CC1(C)OCC(c2ccccc2C2(CN)CCC2)O1. The highest BCUT2D eigenvalue weighted by Crippen LogP contribution is 2.46. The highest BCUT2D eigenvalue weighted by Gasteiger charge is 2.42. The van der Waals surface area contributed by atoms with Gasteiger partial charge in [0.25, 0.3) is 0 Å². The van der Waals surface area contributed by atoms with Crippen LogP contribution in [-0.2, 0) is 14.9 Å². The van der Waals surface area contributed by atoms with Crippen LogP contribution in [0.25, 0.3) is 0 Å². The van der Waals surface area contributed by atoms with Gasteiger partial charge in [-0.25, -0.2) is 0 Å². The molecule has 104 valence electrons. The van der Waals surface area contributed by atoms with Gasteiger partial charge in [-0.3, -0.25) is 0 Å². The molecule has 1 heterocycles. The molecular weight excluding hydrogens is 238 g/mol. The van der Waals surface area contributed by atoms with Crippen LogP contribution in [0.5, 0.6) is 0 Å². The van der Waals surface area contributed by atoms with Gasteiger partial charge < -0.3 is 15.2 Å². The molecule has 1 aromatic carbocycles. The van der Waals surface area contributed by atoms with Gasteiger partial charge in [0.05, 0.1) is 6.61 Å². The van der Waals surface area contributed by atoms with Gasteiger partial charge in [0.15, 0.2) is 5.79 Å². The van der Waals surface area contributed by atoms with E-state index in [1.165, 1.54) is 30.4 Å². The first-order valence-electron chi connectivity index (χ1n) is 7.18. The number of nitrogens with two attached hydrogens (primary N) is 1. The van der Waals surface area contributed by atoms with Gasteiger partial charge >= 0.3 is 0 Å². The molecule has 2 fully saturated rings. The van der Waals surface area contributed by atoms with Crippen LogP contribution in [-0.4, -0.2) is 18.9 Å². The van der Waals surface area contributed by atoms with Crippen LogP contribution < -0.4 is 5.73 Å². The van der Waals surface area contributed by atoms with Crippen molar-refractivity contribution in [1.29, 1.82) is 0 Å². The molecular formula is C16H23NO2. The number of rotatable bonds is 3. The zero-order chi connectivity index (χ0) is 13.5. The molecule has 0 amide bonds. The van der Waals surface area contributed by atoms with Gasteiger partial charge in [0, 0.05) is 12.0 Å². The molecule has 2 aliphatic rings. The second kappa shape index (κ2) is 4.58. The molecule has 3 nitrogen and oxygen atoms in total. The van der Waals surface area contributed by atoms with Crippen molar-refractivity contribution in [2.24, 2.45) is 5.73 Å². The van der Waals surface area contributed by atoms with Crippen molar-refractivity contribution in [1.82, 2.24) is 0 Å². The second-order valence-electron chi connectivity index (χ2n) is 6.24. The van der Waals surface area contributed by atoms with Gasteiger partial charge in [-0.1, -0.05) is 30.7 Å². The molecule has 1 atom stereocenters. The summed E-state index contributed by atoms with van der Waals surface area (Å²) < 4.78 is 11.7. The molecule has 0 spiro atoms. The standard InChI is InChI=1S/C16H23NO2/c1-15(2)18-10-14(19-15)12-6-3-4-7-13(12)16(11-17)8-5-9-16/h3-4,6-7,14H,5,8-11,17H2,1-2H3. The topological polar surface area (TPSA) is 44.5 Å². The molecule has 1 aromatic rings. The lowest BCUT2D eigenvalue weighted by atomic mass is 9.63. The second-order valence-corrected chi connectivity index (χ2v) is 6.24. The molecule has 3 heteroatoms. The van der Waals surface area contributed by atoms with Crippen molar-refractivity contribution in [3.05, 3.63) is 35.4 Å². The average molecular weight is 261 g/mol. The molecule has 0 aromatic heterocycles. The van der Waals surface area contributed by atoms with Crippen molar-refractivity contribution >= 4 is 0 Å². The van der Waals surface area contributed by atoms with Gasteiger partial charge in [0.1, 0.15) is 6.10 Å². The Morgan fingerprint density at radius 1 is 1.26 bits per heavy atom. The van der Waals surface area contributed by atoms with E-state index in [2.05, 4.69) is 24.3 Å². The largest absolute Gasteiger partial charge is 0.347 e. The molecule has 1 aliphatic heterocycles. The molecule has 1 unspecified atom stereocenters. The molecule has 1 saturated carbocycles. The maximum Gasteiger partial charge on any atom is 0.163 e. The van der Waals surface area contributed by atoms with Crippen molar-refractivity contribution < 1.29 is 9.47 Å². The number of hydrogen-bond donors (Lipinski definition) is 1.